The lowest BCUT2D eigenvalue weighted by Crippen LogP contribution is -2.29. The fourth-order valence-corrected chi connectivity index (χ4v) is 3.14. The van der Waals surface area contributed by atoms with E-state index in [1.54, 1.807) is 7.11 Å². The second-order valence-electron chi connectivity index (χ2n) is 5.93. The zero-order chi connectivity index (χ0) is 13.3. The molecule has 100 valence electrons. The Kier molecular flexibility index (Phi) is 3.67. The van der Waals surface area contributed by atoms with Gasteiger partial charge in [-0.05, 0) is 50.3 Å². The Balaban J connectivity index is 2.35. The van der Waals surface area contributed by atoms with Gasteiger partial charge in [-0.3, -0.25) is 0 Å². The Hall–Kier alpha value is -1.02. The Bertz CT molecular complexity index is 431. The number of benzene rings is 1. The van der Waals surface area contributed by atoms with Gasteiger partial charge in [-0.2, -0.15) is 0 Å². The van der Waals surface area contributed by atoms with Crippen LogP contribution in [0.25, 0.3) is 0 Å². The van der Waals surface area contributed by atoms with Gasteiger partial charge < -0.3 is 9.84 Å². The van der Waals surface area contributed by atoms with Crippen LogP contribution in [0.15, 0.2) is 12.1 Å². The number of hydrogen-bond donors (Lipinski definition) is 1. The van der Waals surface area contributed by atoms with Crippen LogP contribution in [0.1, 0.15) is 49.3 Å². The van der Waals surface area contributed by atoms with Crippen LogP contribution in [-0.2, 0) is 5.60 Å². The van der Waals surface area contributed by atoms with Crippen molar-refractivity contribution in [3.8, 4) is 5.75 Å². The van der Waals surface area contributed by atoms with Gasteiger partial charge in [0.1, 0.15) is 5.75 Å². The van der Waals surface area contributed by atoms with Gasteiger partial charge in [0.15, 0.2) is 0 Å². The molecule has 1 N–H and O–H groups in total. The molecule has 0 spiro atoms. The van der Waals surface area contributed by atoms with E-state index in [4.69, 9.17) is 4.74 Å². The van der Waals surface area contributed by atoms with E-state index < -0.39 is 5.60 Å². The lowest BCUT2D eigenvalue weighted by atomic mass is 9.74. The minimum absolute atomic E-state index is 0.672. The molecule has 2 heteroatoms. The molecule has 1 fully saturated rings. The van der Waals surface area contributed by atoms with Crippen molar-refractivity contribution in [1.82, 2.24) is 0 Å². The minimum atomic E-state index is -0.784. The van der Waals surface area contributed by atoms with Gasteiger partial charge in [-0.15, -0.1) is 0 Å². The largest absolute Gasteiger partial charge is 0.496 e. The van der Waals surface area contributed by atoms with Gasteiger partial charge in [0.05, 0.1) is 12.7 Å². The van der Waals surface area contributed by atoms with E-state index in [1.165, 1.54) is 24.8 Å². The van der Waals surface area contributed by atoms with Crippen molar-refractivity contribution < 1.29 is 9.84 Å². The normalized spacial score (nSPS) is 19.2. The smallest absolute Gasteiger partial charge is 0.125 e. The van der Waals surface area contributed by atoms with E-state index >= 15 is 0 Å². The first-order valence-electron chi connectivity index (χ1n) is 6.82. The van der Waals surface area contributed by atoms with Crippen molar-refractivity contribution in [3.63, 3.8) is 0 Å². The molecule has 1 aromatic carbocycles. The molecule has 1 aliphatic carbocycles. The molecular formula is C16H24O2. The van der Waals surface area contributed by atoms with Crippen molar-refractivity contribution >= 4 is 0 Å². The second-order valence-corrected chi connectivity index (χ2v) is 5.93. The van der Waals surface area contributed by atoms with Crippen LogP contribution in [0, 0.1) is 19.8 Å². The summed E-state index contributed by atoms with van der Waals surface area (Å²) in [5.41, 5.74) is 2.47. The molecule has 1 saturated carbocycles. The van der Waals surface area contributed by atoms with Gasteiger partial charge >= 0.3 is 0 Å². The summed E-state index contributed by atoms with van der Waals surface area (Å²) in [6, 6.07) is 4.13. The fraction of sp³-hybridized carbons (Fsp3) is 0.625. The third kappa shape index (κ3) is 2.54. The molecule has 1 aromatic rings. The van der Waals surface area contributed by atoms with Gasteiger partial charge in [-0.1, -0.05) is 25.3 Å². The predicted molar refractivity (Wildman–Crippen MR) is 74.0 cm³/mol. The van der Waals surface area contributed by atoms with E-state index in [-0.39, 0.29) is 0 Å². The molecule has 0 saturated heterocycles. The first-order valence-corrected chi connectivity index (χ1v) is 6.82. The first kappa shape index (κ1) is 13.4. The van der Waals surface area contributed by atoms with Crippen LogP contribution in [0.4, 0.5) is 0 Å². The zero-order valence-electron chi connectivity index (χ0n) is 11.9. The monoisotopic (exact) mass is 248 g/mol. The van der Waals surface area contributed by atoms with E-state index in [9.17, 15) is 5.11 Å². The van der Waals surface area contributed by atoms with Crippen LogP contribution in [0.3, 0.4) is 0 Å². The summed E-state index contributed by atoms with van der Waals surface area (Å²) in [4.78, 5) is 0. The molecular weight excluding hydrogens is 224 g/mol. The third-order valence-corrected chi connectivity index (χ3v) is 4.11. The molecule has 2 nitrogen and oxygen atoms in total. The maximum absolute atomic E-state index is 10.8. The summed E-state index contributed by atoms with van der Waals surface area (Å²) in [7, 11) is 1.68. The lowest BCUT2D eigenvalue weighted by Gasteiger charge is -2.35. The average molecular weight is 248 g/mol. The van der Waals surface area contributed by atoms with Gasteiger partial charge in [0.2, 0.25) is 0 Å². The van der Waals surface area contributed by atoms with Crippen molar-refractivity contribution in [2.45, 2.75) is 52.1 Å². The van der Waals surface area contributed by atoms with E-state index in [2.05, 4.69) is 19.9 Å². The van der Waals surface area contributed by atoms with Crippen LogP contribution >= 0.6 is 0 Å². The number of aliphatic hydroxyl groups is 1. The van der Waals surface area contributed by atoms with Crippen LogP contribution in [-0.4, -0.2) is 12.2 Å². The SMILES string of the molecule is COc1cc(C)cc(C)c1C(C)(O)CC1CCC1. The highest BCUT2D eigenvalue weighted by Crippen LogP contribution is 2.42. The summed E-state index contributed by atoms with van der Waals surface area (Å²) in [5, 5.41) is 10.8. The summed E-state index contributed by atoms with van der Waals surface area (Å²) in [6.45, 7) is 6.03. The fourth-order valence-electron chi connectivity index (χ4n) is 3.14. The van der Waals surface area contributed by atoms with Crippen molar-refractivity contribution in [3.05, 3.63) is 28.8 Å². The van der Waals surface area contributed by atoms with Crippen LogP contribution in [0.5, 0.6) is 5.75 Å². The van der Waals surface area contributed by atoms with E-state index in [0.29, 0.717) is 5.92 Å². The average Bonchev–Trinajstić information content (AvgIpc) is 2.22. The second kappa shape index (κ2) is 4.93. The molecule has 0 aliphatic heterocycles. The Labute approximate surface area is 110 Å². The highest BCUT2D eigenvalue weighted by Gasteiger charge is 2.33. The molecule has 18 heavy (non-hydrogen) atoms. The molecule has 0 heterocycles. The Morgan fingerprint density at radius 2 is 2.00 bits per heavy atom. The quantitative estimate of drug-likeness (QED) is 0.880. The Morgan fingerprint density at radius 1 is 1.33 bits per heavy atom. The van der Waals surface area contributed by atoms with Gasteiger partial charge in [0.25, 0.3) is 0 Å². The maximum atomic E-state index is 10.8. The summed E-state index contributed by atoms with van der Waals surface area (Å²) >= 11 is 0. The van der Waals surface area contributed by atoms with E-state index in [1.807, 2.05) is 13.0 Å². The summed E-state index contributed by atoms with van der Waals surface area (Å²) < 4.78 is 5.47. The first-order chi connectivity index (χ1) is 8.44. The standard InChI is InChI=1S/C16H24O2/c1-11-8-12(2)15(14(9-11)18-4)16(3,17)10-13-6-5-7-13/h8-9,13,17H,5-7,10H2,1-4H3. The highest BCUT2D eigenvalue weighted by atomic mass is 16.5. The molecule has 0 aromatic heterocycles. The lowest BCUT2D eigenvalue weighted by molar-refractivity contribution is 0.0136. The van der Waals surface area contributed by atoms with E-state index in [0.717, 1.165) is 23.3 Å². The molecule has 1 unspecified atom stereocenters. The molecule has 1 atom stereocenters. The number of aryl methyl sites for hydroxylation is 2. The zero-order valence-corrected chi connectivity index (χ0v) is 11.9. The molecule has 0 radical (unpaired) electrons. The maximum Gasteiger partial charge on any atom is 0.125 e. The van der Waals surface area contributed by atoms with Gasteiger partial charge in [-0.25, -0.2) is 0 Å². The van der Waals surface area contributed by atoms with Crippen LogP contribution in [0.2, 0.25) is 0 Å². The van der Waals surface area contributed by atoms with Gasteiger partial charge in [0, 0.05) is 5.56 Å². The number of ether oxygens (including phenoxy) is 1. The van der Waals surface area contributed by atoms with Crippen molar-refractivity contribution in [1.29, 1.82) is 0 Å². The number of methoxy groups -OCH3 is 1. The summed E-state index contributed by atoms with van der Waals surface area (Å²) in [6.07, 6.45) is 4.66. The molecule has 2 rings (SSSR count). The predicted octanol–water partition coefficient (Wildman–Crippen LogP) is 3.71. The number of hydrogen-bond acceptors (Lipinski definition) is 2. The van der Waals surface area contributed by atoms with Crippen molar-refractivity contribution in [2.24, 2.45) is 5.92 Å². The molecule has 0 amide bonds. The highest BCUT2D eigenvalue weighted by molar-refractivity contribution is 5.46. The number of rotatable bonds is 4. The topological polar surface area (TPSA) is 29.5 Å². The Morgan fingerprint density at radius 3 is 2.50 bits per heavy atom. The molecule has 0 bridgehead atoms. The third-order valence-electron chi connectivity index (χ3n) is 4.11. The minimum Gasteiger partial charge on any atom is -0.496 e. The van der Waals surface area contributed by atoms with Crippen LogP contribution < -0.4 is 4.74 Å². The molecule has 1 aliphatic rings. The summed E-state index contributed by atoms with van der Waals surface area (Å²) in [5.74, 6) is 1.49. The van der Waals surface area contributed by atoms with Crippen molar-refractivity contribution in [2.75, 3.05) is 7.11 Å².